The van der Waals surface area contributed by atoms with Gasteiger partial charge in [-0.15, -0.1) is 11.8 Å². The maximum Gasteiger partial charge on any atom is 0.0334 e. The SMILES string of the molecule is C1=CSC=CN=C1.C1CCCNCCC1. The van der Waals surface area contributed by atoms with Gasteiger partial charge in [0.15, 0.2) is 0 Å². The van der Waals surface area contributed by atoms with Crippen molar-refractivity contribution in [2.75, 3.05) is 13.1 Å². The molecule has 84 valence electrons. The number of nitrogens with zero attached hydrogens (tertiary/aromatic N) is 1. The highest BCUT2D eigenvalue weighted by Crippen LogP contribution is 2.04. The van der Waals surface area contributed by atoms with Gasteiger partial charge in [0.2, 0.25) is 0 Å². The average Bonchev–Trinajstić information content (AvgIpc) is 2.48. The zero-order chi connectivity index (χ0) is 10.6. The summed E-state index contributed by atoms with van der Waals surface area (Å²) in [5, 5.41) is 7.30. The summed E-state index contributed by atoms with van der Waals surface area (Å²) in [5.74, 6) is 0. The molecule has 1 N–H and O–H groups in total. The second-order valence-corrected chi connectivity index (χ2v) is 4.38. The van der Waals surface area contributed by atoms with E-state index >= 15 is 0 Å². The van der Waals surface area contributed by atoms with Gasteiger partial charge in [-0.25, -0.2) is 0 Å². The highest BCUT2D eigenvalue weighted by atomic mass is 32.2. The summed E-state index contributed by atoms with van der Waals surface area (Å²) in [4.78, 5) is 3.86. The summed E-state index contributed by atoms with van der Waals surface area (Å²) in [6.07, 6.45) is 12.5. The molecule has 0 radical (unpaired) electrons. The van der Waals surface area contributed by atoms with E-state index in [1.165, 1.54) is 45.2 Å². The highest BCUT2D eigenvalue weighted by Gasteiger charge is 1.94. The van der Waals surface area contributed by atoms with E-state index in [9.17, 15) is 0 Å². The van der Waals surface area contributed by atoms with Crippen molar-refractivity contribution in [1.82, 2.24) is 5.32 Å². The van der Waals surface area contributed by atoms with Crippen LogP contribution in [-0.2, 0) is 0 Å². The Morgan fingerprint density at radius 2 is 1.67 bits per heavy atom. The van der Waals surface area contributed by atoms with E-state index in [2.05, 4.69) is 10.3 Å². The number of hydrogen-bond donors (Lipinski definition) is 1. The Morgan fingerprint density at radius 1 is 0.933 bits per heavy atom. The van der Waals surface area contributed by atoms with Crippen molar-refractivity contribution in [2.45, 2.75) is 32.1 Å². The summed E-state index contributed by atoms with van der Waals surface area (Å²) >= 11 is 1.63. The van der Waals surface area contributed by atoms with Crippen LogP contribution in [0.4, 0.5) is 0 Å². The first-order chi connectivity index (χ1) is 7.50. The lowest BCUT2D eigenvalue weighted by Crippen LogP contribution is -2.18. The first-order valence-electron chi connectivity index (χ1n) is 5.69. The zero-order valence-electron chi connectivity index (χ0n) is 9.19. The summed E-state index contributed by atoms with van der Waals surface area (Å²) in [5.41, 5.74) is 0. The van der Waals surface area contributed by atoms with Gasteiger partial charge in [-0.1, -0.05) is 19.3 Å². The number of aliphatic imine (C=N–C) groups is 1. The molecule has 1 fully saturated rings. The van der Waals surface area contributed by atoms with Crippen molar-refractivity contribution < 1.29 is 0 Å². The van der Waals surface area contributed by atoms with E-state index in [0.29, 0.717) is 0 Å². The normalized spacial score (nSPS) is 20.8. The molecule has 2 rings (SSSR count). The van der Waals surface area contributed by atoms with Crippen LogP contribution in [0.5, 0.6) is 0 Å². The molecule has 0 atom stereocenters. The topological polar surface area (TPSA) is 24.4 Å². The maximum absolute atomic E-state index is 3.86. The van der Waals surface area contributed by atoms with Crippen LogP contribution in [0.25, 0.3) is 0 Å². The number of allylic oxidation sites excluding steroid dienone is 1. The van der Waals surface area contributed by atoms with Gasteiger partial charge in [-0.05, 0) is 42.8 Å². The third-order valence-electron chi connectivity index (χ3n) is 2.26. The molecule has 2 nitrogen and oxygen atoms in total. The van der Waals surface area contributed by atoms with Crippen molar-refractivity contribution >= 4 is 18.0 Å². The molecule has 0 aromatic heterocycles. The van der Waals surface area contributed by atoms with Crippen LogP contribution in [0.2, 0.25) is 0 Å². The average molecular weight is 224 g/mol. The summed E-state index contributed by atoms with van der Waals surface area (Å²) in [7, 11) is 0. The first kappa shape index (κ1) is 12.5. The minimum Gasteiger partial charge on any atom is -0.317 e. The van der Waals surface area contributed by atoms with Gasteiger partial charge in [0.05, 0.1) is 0 Å². The Morgan fingerprint density at radius 3 is 2.47 bits per heavy atom. The van der Waals surface area contributed by atoms with Crippen molar-refractivity contribution in [3.63, 3.8) is 0 Å². The second-order valence-electron chi connectivity index (χ2n) is 3.57. The van der Waals surface area contributed by atoms with Gasteiger partial charge < -0.3 is 5.32 Å². The molecule has 3 heteroatoms. The molecule has 0 amide bonds. The Kier molecular flexibility index (Phi) is 8.35. The molecular formula is C12H20N2S. The molecule has 0 spiro atoms. The number of thioether (sulfide) groups is 1. The molecule has 2 aliphatic rings. The van der Waals surface area contributed by atoms with Crippen LogP contribution < -0.4 is 5.32 Å². The highest BCUT2D eigenvalue weighted by molar-refractivity contribution is 8.04. The Balaban J connectivity index is 0.000000151. The quantitative estimate of drug-likeness (QED) is 0.682. The smallest absolute Gasteiger partial charge is 0.0334 e. The van der Waals surface area contributed by atoms with E-state index < -0.39 is 0 Å². The standard InChI is InChI=1S/C7H15N.C5H5NS/c1-2-4-6-8-7-5-3-1;1-2-6-3-5-7-4-1/h8H,1-7H2;1-5H. The van der Waals surface area contributed by atoms with Crippen LogP contribution in [0.15, 0.2) is 28.1 Å². The van der Waals surface area contributed by atoms with E-state index in [1.54, 1.807) is 24.2 Å². The first-order valence-corrected chi connectivity index (χ1v) is 6.64. The van der Waals surface area contributed by atoms with Gasteiger partial charge in [0.25, 0.3) is 0 Å². The molecule has 2 heterocycles. The molecule has 15 heavy (non-hydrogen) atoms. The lowest BCUT2D eigenvalue weighted by molar-refractivity contribution is 0.516. The van der Waals surface area contributed by atoms with Gasteiger partial charge >= 0.3 is 0 Å². The van der Waals surface area contributed by atoms with E-state index in [4.69, 9.17) is 0 Å². The molecule has 0 saturated carbocycles. The molecule has 2 aliphatic heterocycles. The van der Waals surface area contributed by atoms with Gasteiger partial charge in [-0.2, -0.15) is 0 Å². The van der Waals surface area contributed by atoms with Crippen LogP contribution in [-0.4, -0.2) is 19.3 Å². The second kappa shape index (κ2) is 9.99. The van der Waals surface area contributed by atoms with Crippen molar-refractivity contribution in [3.8, 4) is 0 Å². The third kappa shape index (κ3) is 8.45. The van der Waals surface area contributed by atoms with Crippen molar-refractivity contribution in [3.05, 3.63) is 23.1 Å². The molecule has 1 saturated heterocycles. The monoisotopic (exact) mass is 224 g/mol. The van der Waals surface area contributed by atoms with Crippen LogP contribution in [0.3, 0.4) is 0 Å². The molecule has 0 unspecified atom stereocenters. The summed E-state index contributed by atoms with van der Waals surface area (Å²) < 4.78 is 0. The predicted octanol–water partition coefficient (Wildman–Crippen LogP) is 3.33. The molecule has 0 aromatic rings. The third-order valence-corrected chi connectivity index (χ3v) is 2.85. The fourth-order valence-electron chi connectivity index (χ4n) is 1.45. The lowest BCUT2D eigenvalue weighted by atomic mass is 10.1. The summed E-state index contributed by atoms with van der Waals surface area (Å²) in [6, 6.07) is 0. The molecule has 0 bridgehead atoms. The maximum atomic E-state index is 3.86. The molecule has 0 aliphatic carbocycles. The van der Waals surface area contributed by atoms with Gasteiger partial charge in [-0.3, -0.25) is 4.99 Å². The summed E-state index contributed by atoms with van der Waals surface area (Å²) in [6.45, 7) is 2.50. The van der Waals surface area contributed by atoms with E-state index in [1.807, 2.05) is 16.9 Å². The predicted molar refractivity (Wildman–Crippen MR) is 70.3 cm³/mol. The van der Waals surface area contributed by atoms with E-state index in [0.717, 1.165) is 0 Å². The lowest BCUT2D eigenvalue weighted by Gasteiger charge is -2.08. The van der Waals surface area contributed by atoms with Crippen molar-refractivity contribution in [1.29, 1.82) is 0 Å². The fourth-order valence-corrected chi connectivity index (χ4v) is 1.84. The van der Waals surface area contributed by atoms with E-state index in [-0.39, 0.29) is 0 Å². The van der Waals surface area contributed by atoms with Crippen molar-refractivity contribution in [2.24, 2.45) is 4.99 Å². The zero-order valence-corrected chi connectivity index (χ0v) is 10.0. The Labute approximate surface area is 96.9 Å². The largest absolute Gasteiger partial charge is 0.317 e. The van der Waals surface area contributed by atoms with Crippen LogP contribution >= 0.6 is 11.8 Å². The molecular weight excluding hydrogens is 204 g/mol. The van der Waals surface area contributed by atoms with Gasteiger partial charge in [0.1, 0.15) is 0 Å². The Bertz CT molecular complexity index is 184. The molecule has 0 aromatic carbocycles. The van der Waals surface area contributed by atoms with Crippen LogP contribution in [0, 0.1) is 0 Å². The Hall–Kier alpha value is -0.540. The van der Waals surface area contributed by atoms with Crippen LogP contribution in [0.1, 0.15) is 32.1 Å². The minimum absolute atomic E-state index is 1.25. The number of hydrogen-bond acceptors (Lipinski definition) is 3. The fraction of sp³-hybridized carbons (Fsp3) is 0.583. The minimum atomic E-state index is 1.25. The number of nitrogens with one attached hydrogen (secondary N) is 1. The number of rotatable bonds is 0. The van der Waals surface area contributed by atoms with Gasteiger partial charge in [0, 0.05) is 12.4 Å².